The van der Waals surface area contributed by atoms with Gasteiger partial charge in [-0.2, -0.15) is 5.26 Å². The van der Waals surface area contributed by atoms with Gasteiger partial charge in [-0.05, 0) is 37.6 Å². The molecule has 1 N–H and O–H groups in total. The van der Waals surface area contributed by atoms with E-state index in [1.807, 2.05) is 32.0 Å². The minimum atomic E-state index is 0.578. The highest BCUT2D eigenvalue weighted by Crippen LogP contribution is 2.28. The third-order valence-corrected chi connectivity index (χ3v) is 2.87. The molecule has 0 saturated heterocycles. The summed E-state index contributed by atoms with van der Waals surface area (Å²) in [6, 6.07) is 11.2. The zero-order valence-electron chi connectivity index (χ0n) is 10.2. The minimum absolute atomic E-state index is 0.578. The highest BCUT2D eigenvalue weighted by molar-refractivity contribution is 6.33. The number of nitriles is 1. The quantitative estimate of drug-likeness (QED) is 0.886. The van der Waals surface area contributed by atoms with E-state index in [1.54, 1.807) is 12.1 Å². The number of anilines is 2. The first-order valence-corrected chi connectivity index (χ1v) is 5.89. The molecule has 0 spiro atoms. The second kappa shape index (κ2) is 5.07. The van der Waals surface area contributed by atoms with E-state index in [1.165, 1.54) is 0 Å². The average Bonchev–Trinajstić information content (AvgIpc) is 2.33. The van der Waals surface area contributed by atoms with Gasteiger partial charge in [-0.25, -0.2) is 4.98 Å². The molecule has 0 aliphatic heterocycles. The Morgan fingerprint density at radius 3 is 2.72 bits per heavy atom. The first-order valence-electron chi connectivity index (χ1n) is 5.51. The van der Waals surface area contributed by atoms with Crippen molar-refractivity contribution in [2.45, 2.75) is 13.8 Å². The van der Waals surface area contributed by atoms with Gasteiger partial charge in [0, 0.05) is 5.69 Å². The molecule has 0 bridgehead atoms. The van der Waals surface area contributed by atoms with Crippen LogP contribution in [-0.2, 0) is 0 Å². The van der Waals surface area contributed by atoms with Gasteiger partial charge in [0.2, 0.25) is 0 Å². The number of hydrogen-bond acceptors (Lipinski definition) is 3. The van der Waals surface area contributed by atoms with Gasteiger partial charge in [0.1, 0.15) is 5.82 Å². The minimum Gasteiger partial charge on any atom is -0.339 e. The Bertz CT molecular complexity index is 609. The second-order valence-electron chi connectivity index (χ2n) is 4.05. The molecule has 2 aromatic rings. The molecule has 0 fully saturated rings. The molecule has 0 amide bonds. The van der Waals surface area contributed by atoms with Gasteiger partial charge >= 0.3 is 0 Å². The third-order valence-electron chi connectivity index (χ3n) is 2.56. The Balaban J connectivity index is 2.40. The fraction of sp³-hybridized carbons (Fsp3) is 0.143. The van der Waals surface area contributed by atoms with Crippen LogP contribution in [0.3, 0.4) is 0 Å². The Kier molecular flexibility index (Phi) is 3.50. The van der Waals surface area contributed by atoms with E-state index >= 15 is 0 Å². The molecule has 90 valence electrons. The summed E-state index contributed by atoms with van der Waals surface area (Å²) >= 11 is 6.14. The van der Waals surface area contributed by atoms with Gasteiger partial charge < -0.3 is 5.32 Å². The molecule has 0 saturated carbocycles. The van der Waals surface area contributed by atoms with Crippen molar-refractivity contribution in [1.82, 2.24) is 4.98 Å². The number of rotatable bonds is 2. The lowest BCUT2D eigenvalue weighted by molar-refractivity contribution is 1.19. The number of nitrogens with zero attached hydrogens (tertiary/aromatic N) is 2. The summed E-state index contributed by atoms with van der Waals surface area (Å²) in [5.41, 5.74) is 3.22. The van der Waals surface area contributed by atoms with Crippen molar-refractivity contribution in [3.05, 3.63) is 52.2 Å². The smallest absolute Gasteiger partial charge is 0.131 e. The van der Waals surface area contributed by atoms with Crippen LogP contribution in [0.25, 0.3) is 0 Å². The second-order valence-corrected chi connectivity index (χ2v) is 4.46. The Hall–Kier alpha value is -2.05. The molecule has 1 aromatic heterocycles. The molecule has 2 rings (SSSR count). The first-order chi connectivity index (χ1) is 8.60. The Morgan fingerprint density at radius 2 is 2.06 bits per heavy atom. The third kappa shape index (κ3) is 2.61. The normalized spacial score (nSPS) is 9.89. The van der Waals surface area contributed by atoms with Crippen LogP contribution in [0.2, 0.25) is 5.02 Å². The first kappa shape index (κ1) is 12.4. The maximum Gasteiger partial charge on any atom is 0.131 e. The van der Waals surface area contributed by atoms with Gasteiger partial charge in [-0.1, -0.05) is 23.7 Å². The van der Waals surface area contributed by atoms with Crippen molar-refractivity contribution in [3.63, 3.8) is 0 Å². The fourth-order valence-corrected chi connectivity index (χ4v) is 1.98. The van der Waals surface area contributed by atoms with Crippen molar-refractivity contribution in [2.75, 3.05) is 5.32 Å². The number of pyridine rings is 1. The molecule has 0 unspecified atom stereocenters. The molecule has 0 aliphatic rings. The Morgan fingerprint density at radius 1 is 1.28 bits per heavy atom. The highest BCUT2D eigenvalue weighted by atomic mass is 35.5. The van der Waals surface area contributed by atoms with E-state index in [0.29, 0.717) is 16.4 Å². The predicted molar refractivity (Wildman–Crippen MR) is 73.2 cm³/mol. The van der Waals surface area contributed by atoms with Crippen molar-refractivity contribution in [1.29, 1.82) is 5.26 Å². The standard InChI is InChI=1S/C14H12ClN3/c1-9-4-3-5-12(15)14(9)18-13-7-11(8-16)6-10(2)17-13/h3-7H,1-2H3,(H,17,18). The van der Waals surface area contributed by atoms with Crippen LogP contribution in [0.4, 0.5) is 11.5 Å². The molecular weight excluding hydrogens is 246 g/mol. The molecule has 1 heterocycles. The summed E-state index contributed by atoms with van der Waals surface area (Å²) < 4.78 is 0. The highest BCUT2D eigenvalue weighted by Gasteiger charge is 2.06. The monoisotopic (exact) mass is 257 g/mol. The van der Waals surface area contributed by atoms with Gasteiger partial charge in [-0.3, -0.25) is 0 Å². The van der Waals surface area contributed by atoms with E-state index < -0.39 is 0 Å². The largest absolute Gasteiger partial charge is 0.339 e. The topological polar surface area (TPSA) is 48.7 Å². The van der Waals surface area contributed by atoms with Gasteiger partial charge in [-0.15, -0.1) is 0 Å². The Labute approximate surface area is 111 Å². The fourth-order valence-electron chi connectivity index (χ4n) is 1.72. The number of benzene rings is 1. The molecule has 18 heavy (non-hydrogen) atoms. The van der Waals surface area contributed by atoms with Crippen molar-refractivity contribution < 1.29 is 0 Å². The molecule has 3 nitrogen and oxygen atoms in total. The predicted octanol–water partition coefficient (Wildman–Crippen LogP) is 3.97. The summed E-state index contributed by atoms with van der Waals surface area (Å²) in [5.74, 6) is 0.628. The van der Waals surface area contributed by atoms with Crippen molar-refractivity contribution >= 4 is 23.1 Å². The van der Waals surface area contributed by atoms with E-state index in [-0.39, 0.29) is 0 Å². The van der Waals surface area contributed by atoms with Gasteiger partial charge in [0.15, 0.2) is 0 Å². The molecule has 1 aromatic carbocycles. The maximum absolute atomic E-state index is 8.93. The van der Waals surface area contributed by atoms with Crippen LogP contribution in [-0.4, -0.2) is 4.98 Å². The lowest BCUT2D eigenvalue weighted by atomic mass is 10.2. The zero-order chi connectivity index (χ0) is 13.1. The number of hydrogen-bond donors (Lipinski definition) is 1. The van der Waals surface area contributed by atoms with Gasteiger partial charge in [0.05, 0.1) is 22.3 Å². The van der Waals surface area contributed by atoms with Crippen molar-refractivity contribution in [3.8, 4) is 6.07 Å². The molecule has 4 heteroatoms. The number of aryl methyl sites for hydroxylation is 2. The maximum atomic E-state index is 8.93. The van der Waals surface area contributed by atoms with E-state index in [9.17, 15) is 0 Å². The summed E-state index contributed by atoms with van der Waals surface area (Å²) in [6.07, 6.45) is 0. The van der Waals surface area contributed by atoms with E-state index in [4.69, 9.17) is 16.9 Å². The SMILES string of the molecule is Cc1cc(C#N)cc(Nc2c(C)cccc2Cl)n1. The molecule has 0 aliphatic carbocycles. The van der Waals surface area contributed by atoms with Gasteiger partial charge in [0.25, 0.3) is 0 Å². The molecule has 0 atom stereocenters. The number of nitrogens with one attached hydrogen (secondary N) is 1. The van der Waals surface area contributed by atoms with Crippen LogP contribution in [0, 0.1) is 25.2 Å². The average molecular weight is 258 g/mol. The van der Waals surface area contributed by atoms with Crippen LogP contribution in [0.5, 0.6) is 0 Å². The summed E-state index contributed by atoms with van der Waals surface area (Å²) in [5, 5.41) is 12.7. The summed E-state index contributed by atoms with van der Waals surface area (Å²) in [6.45, 7) is 3.82. The van der Waals surface area contributed by atoms with E-state index in [0.717, 1.165) is 16.9 Å². The van der Waals surface area contributed by atoms with Crippen LogP contribution < -0.4 is 5.32 Å². The number of aromatic nitrogens is 1. The molecular formula is C14H12ClN3. The summed E-state index contributed by atoms with van der Waals surface area (Å²) in [7, 11) is 0. The van der Waals surface area contributed by atoms with Crippen molar-refractivity contribution in [2.24, 2.45) is 0 Å². The lowest BCUT2D eigenvalue weighted by Gasteiger charge is -2.11. The van der Waals surface area contributed by atoms with Crippen LogP contribution in [0.15, 0.2) is 30.3 Å². The lowest BCUT2D eigenvalue weighted by Crippen LogP contribution is -1.98. The number of para-hydroxylation sites is 1. The van der Waals surface area contributed by atoms with Crippen LogP contribution >= 0.6 is 11.6 Å². The summed E-state index contributed by atoms with van der Waals surface area (Å²) in [4.78, 5) is 4.34. The zero-order valence-corrected chi connectivity index (χ0v) is 10.9. The number of halogens is 1. The molecule has 0 radical (unpaired) electrons. The van der Waals surface area contributed by atoms with Crippen LogP contribution in [0.1, 0.15) is 16.8 Å². The van der Waals surface area contributed by atoms with E-state index in [2.05, 4.69) is 16.4 Å².